The Bertz CT molecular complexity index is 543. The Hall–Kier alpha value is -0.660. The van der Waals surface area contributed by atoms with Gasteiger partial charge in [-0.15, -0.1) is 0 Å². The van der Waals surface area contributed by atoms with Crippen molar-refractivity contribution in [2.24, 2.45) is 5.92 Å². The van der Waals surface area contributed by atoms with Crippen LogP contribution in [0.3, 0.4) is 0 Å². The molecule has 1 aliphatic rings. The average Bonchev–Trinajstić information content (AvgIpc) is 3.04. The number of hydrogen-bond acceptors (Lipinski definition) is 3. The Morgan fingerprint density at radius 1 is 1.47 bits per heavy atom. The fourth-order valence-corrected chi connectivity index (χ4v) is 3.26. The first-order valence-electron chi connectivity index (χ1n) is 5.14. The molecule has 17 heavy (non-hydrogen) atoms. The molecule has 0 atom stereocenters. The zero-order chi connectivity index (χ0) is 12.6. The van der Waals surface area contributed by atoms with Crippen LogP contribution in [-0.2, 0) is 10.0 Å². The second-order valence-electron chi connectivity index (χ2n) is 4.11. The van der Waals surface area contributed by atoms with Gasteiger partial charge in [-0.25, -0.2) is 17.5 Å². The van der Waals surface area contributed by atoms with Crippen LogP contribution in [0.25, 0.3) is 0 Å². The number of nitrogens with two attached hydrogens (primary N) is 1. The molecule has 94 valence electrons. The zero-order valence-corrected chi connectivity index (χ0v) is 11.3. The van der Waals surface area contributed by atoms with Gasteiger partial charge in [0.05, 0.1) is 4.47 Å². The smallest absolute Gasteiger partial charge is 0.243 e. The molecule has 0 unspecified atom stereocenters. The number of rotatable bonds is 4. The first-order chi connectivity index (χ1) is 7.90. The number of hydrogen-bond donors (Lipinski definition) is 2. The van der Waals surface area contributed by atoms with Crippen molar-refractivity contribution in [1.29, 1.82) is 0 Å². The molecule has 7 heteroatoms. The van der Waals surface area contributed by atoms with E-state index in [1.165, 1.54) is 6.07 Å². The molecule has 1 aliphatic carbocycles. The standard InChI is InChI=1S/C10H12BrFN2O2S/c11-8-3-7(13)4-9(10(8)12)17(15,16)14-5-6-1-2-6/h3-4,6,14H,1-2,5,13H2. The summed E-state index contributed by atoms with van der Waals surface area (Å²) in [5.41, 5.74) is 5.70. The maximum Gasteiger partial charge on any atom is 0.243 e. The Morgan fingerprint density at radius 3 is 2.71 bits per heavy atom. The van der Waals surface area contributed by atoms with Crippen LogP contribution in [0.15, 0.2) is 21.5 Å². The maximum absolute atomic E-state index is 13.7. The molecule has 0 radical (unpaired) electrons. The number of nitrogens with one attached hydrogen (secondary N) is 1. The third-order valence-electron chi connectivity index (χ3n) is 2.57. The number of anilines is 1. The van der Waals surface area contributed by atoms with E-state index >= 15 is 0 Å². The number of benzene rings is 1. The Balaban J connectivity index is 2.30. The number of nitrogen functional groups attached to an aromatic ring is 1. The lowest BCUT2D eigenvalue weighted by Crippen LogP contribution is -2.26. The average molecular weight is 323 g/mol. The highest BCUT2D eigenvalue weighted by atomic mass is 79.9. The summed E-state index contributed by atoms with van der Waals surface area (Å²) in [6.07, 6.45) is 2.04. The van der Waals surface area contributed by atoms with Crippen LogP contribution in [0.1, 0.15) is 12.8 Å². The number of sulfonamides is 1. The van der Waals surface area contributed by atoms with E-state index < -0.39 is 20.7 Å². The van der Waals surface area contributed by atoms with Crippen molar-refractivity contribution >= 4 is 31.6 Å². The topological polar surface area (TPSA) is 72.2 Å². The molecule has 1 fully saturated rings. The van der Waals surface area contributed by atoms with E-state index in [0.29, 0.717) is 12.5 Å². The summed E-state index contributed by atoms with van der Waals surface area (Å²) in [7, 11) is -3.83. The summed E-state index contributed by atoms with van der Waals surface area (Å²) in [5.74, 6) is -0.431. The largest absolute Gasteiger partial charge is 0.399 e. The lowest BCUT2D eigenvalue weighted by atomic mass is 10.3. The summed E-state index contributed by atoms with van der Waals surface area (Å²) < 4.78 is 39.9. The fourth-order valence-electron chi connectivity index (χ4n) is 1.41. The van der Waals surface area contributed by atoms with E-state index in [-0.39, 0.29) is 10.2 Å². The molecule has 0 bridgehead atoms. The minimum absolute atomic E-state index is 0.0456. The van der Waals surface area contributed by atoms with Gasteiger partial charge in [-0.1, -0.05) is 0 Å². The summed E-state index contributed by atoms with van der Waals surface area (Å²) in [5, 5.41) is 0. The van der Waals surface area contributed by atoms with Gasteiger partial charge in [0, 0.05) is 12.2 Å². The maximum atomic E-state index is 13.7. The third-order valence-corrected chi connectivity index (χ3v) is 4.57. The van der Waals surface area contributed by atoms with E-state index in [9.17, 15) is 12.8 Å². The van der Waals surface area contributed by atoms with E-state index in [1.54, 1.807) is 0 Å². The molecule has 0 saturated heterocycles. The van der Waals surface area contributed by atoms with Crippen molar-refractivity contribution < 1.29 is 12.8 Å². The van der Waals surface area contributed by atoms with Crippen molar-refractivity contribution in [3.8, 4) is 0 Å². The molecule has 0 amide bonds. The van der Waals surface area contributed by atoms with E-state index in [4.69, 9.17) is 5.73 Å². The van der Waals surface area contributed by atoms with Crippen LogP contribution < -0.4 is 10.5 Å². The van der Waals surface area contributed by atoms with Crippen molar-refractivity contribution in [2.75, 3.05) is 12.3 Å². The second-order valence-corrected chi connectivity index (χ2v) is 6.70. The normalized spacial score (nSPS) is 16.1. The molecule has 0 heterocycles. The van der Waals surface area contributed by atoms with Gasteiger partial charge in [-0.2, -0.15) is 0 Å². The molecular formula is C10H12BrFN2O2S. The van der Waals surface area contributed by atoms with Crippen LogP contribution in [0.2, 0.25) is 0 Å². The van der Waals surface area contributed by atoms with Gasteiger partial charge in [-0.3, -0.25) is 0 Å². The third kappa shape index (κ3) is 2.97. The van der Waals surface area contributed by atoms with Crippen LogP contribution in [0.4, 0.5) is 10.1 Å². The summed E-state index contributed by atoms with van der Waals surface area (Å²) in [6.45, 7) is 0.355. The quantitative estimate of drug-likeness (QED) is 0.831. The SMILES string of the molecule is Nc1cc(Br)c(F)c(S(=O)(=O)NCC2CC2)c1. The summed E-state index contributed by atoms with van der Waals surface area (Å²) in [6, 6.07) is 2.45. The monoisotopic (exact) mass is 322 g/mol. The van der Waals surface area contributed by atoms with Gasteiger partial charge in [-0.05, 0) is 46.8 Å². The first-order valence-corrected chi connectivity index (χ1v) is 7.42. The molecule has 1 aromatic rings. The second kappa shape index (κ2) is 4.55. The van der Waals surface area contributed by atoms with E-state index in [2.05, 4.69) is 20.7 Å². The predicted octanol–water partition coefficient (Wildman–Crippen LogP) is 1.86. The summed E-state index contributed by atoms with van der Waals surface area (Å²) in [4.78, 5) is -0.412. The van der Waals surface area contributed by atoms with Crippen molar-refractivity contribution in [3.63, 3.8) is 0 Å². The van der Waals surface area contributed by atoms with Crippen LogP contribution in [0.5, 0.6) is 0 Å². The van der Waals surface area contributed by atoms with Crippen molar-refractivity contribution in [1.82, 2.24) is 4.72 Å². The molecule has 0 spiro atoms. The molecule has 0 aromatic heterocycles. The Kier molecular flexibility index (Phi) is 3.42. The van der Waals surface area contributed by atoms with E-state index in [1.807, 2.05) is 0 Å². The Labute approximate surface area is 108 Å². The van der Waals surface area contributed by atoms with E-state index in [0.717, 1.165) is 18.9 Å². The molecule has 0 aliphatic heterocycles. The minimum Gasteiger partial charge on any atom is -0.399 e. The molecule has 4 nitrogen and oxygen atoms in total. The minimum atomic E-state index is -3.83. The van der Waals surface area contributed by atoms with Crippen LogP contribution in [0, 0.1) is 11.7 Å². The highest BCUT2D eigenvalue weighted by Crippen LogP contribution is 2.29. The van der Waals surface area contributed by atoms with Crippen LogP contribution in [-0.4, -0.2) is 15.0 Å². The van der Waals surface area contributed by atoms with Gasteiger partial charge in [0.2, 0.25) is 10.0 Å². The Morgan fingerprint density at radius 2 is 2.12 bits per heavy atom. The van der Waals surface area contributed by atoms with Gasteiger partial charge < -0.3 is 5.73 Å². The highest BCUT2D eigenvalue weighted by Gasteiger charge is 2.26. The lowest BCUT2D eigenvalue weighted by Gasteiger charge is -2.09. The van der Waals surface area contributed by atoms with Crippen LogP contribution >= 0.6 is 15.9 Å². The van der Waals surface area contributed by atoms with Gasteiger partial charge in [0.1, 0.15) is 4.90 Å². The van der Waals surface area contributed by atoms with Gasteiger partial charge >= 0.3 is 0 Å². The molecular weight excluding hydrogens is 311 g/mol. The highest BCUT2D eigenvalue weighted by molar-refractivity contribution is 9.10. The molecule has 3 N–H and O–H groups in total. The van der Waals surface area contributed by atoms with Gasteiger partial charge in [0.25, 0.3) is 0 Å². The zero-order valence-electron chi connectivity index (χ0n) is 8.91. The van der Waals surface area contributed by atoms with Gasteiger partial charge in [0.15, 0.2) is 5.82 Å². The predicted molar refractivity (Wildman–Crippen MR) is 66.4 cm³/mol. The lowest BCUT2D eigenvalue weighted by molar-refractivity contribution is 0.552. The fraction of sp³-hybridized carbons (Fsp3) is 0.400. The molecule has 1 saturated carbocycles. The molecule has 1 aromatic carbocycles. The van der Waals surface area contributed by atoms with Crippen molar-refractivity contribution in [2.45, 2.75) is 17.7 Å². The number of halogens is 2. The first kappa shape index (κ1) is 12.8. The molecule has 2 rings (SSSR count). The van der Waals surface area contributed by atoms with Crippen molar-refractivity contribution in [3.05, 3.63) is 22.4 Å². The summed E-state index contributed by atoms with van der Waals surface area (Å²) >= 11 is 2.93.